The van der Waals surface area contributed by atoms with E-state index < -0.39 is 11.6 Å². The van der Waals surface area contributed by atoms with E-state index >= 15 is 0 Å². The van der Waals surface area contributed by atoms with Gasteiger partial charge in [0, 0.05) is 140 Å². The Labute approximate surface area is 538 Å². The van der Waals surface area contributed by atoms with Crippen molar-refractivity contribution in [3.05, 3.63) is 198 Å². The lowest BCUT2D eigenvalue weighted by Crippen LogP contribution is -2.22. The first-order valence-electron chi connectivity index (χ1n) is 31.0. The Balaban J connectivity index is 0.000000127. The van der Waals surface area contributed by atoms with Crippen LogP contribution in [0.25, 0.3) is 67.0 Å². The molecular formula is C69H68F2N18O3S. The van der Waals surface area contributed by atoms with Crippen molar-refractivity contribution in [2.75, 3.05) is 0 Å². The number of benzene rings is 3. The lowest BCUT2D eigenvalue weighted by molar-refractivity contribution is 0.0936. The van der Waals surface area contributed by atoms with Crippen molar-refractivity contribution in [1.82, 2.24) is 87.7 Å². The number of imidazole rings is 4. The number of rotatable bonds is 15. The number of aryl methyl sites for hydroxylation is 9. The van der Waals surface area contributed by atoms with Gasteiger partial charge in [-0.25, -0.2) is 38.7 Å². The minimum absolute atomic E-state index is 0.00532. The predicted octanol–water partition coefficient (Wildman–Crippen LogP) is 11.6. The van der Waals surface area contributed by atoms with Crippen LogP contribution in [-0.4, -0.2) is 105 Å². The van der Waals surface area contributed by atoms with Gasteiger partial charge in [0.15, 0.2) is 28.2 Å². The van der Waals surface area contributed by atoms with Crippen LogP contribution in [0.15, 0.2) is 141 Å². The third kappa shape index (κ3) is 13.4. The van der Waals surface area contributed by atoms with Gasteiger partial charge < -0.3 is 18.3 Å². The Morgan fingerprint density at radius 3 is 1.49 bits per heavy atom. The molecule has 21 nitrogen and oxygen atoms in total. The summed E-state index contributed by atoms with van der Waals surface area (Å²) in [7, 11) is 7.28. The summed E-state index contributed by atoms with van der Waals surface area (Å²) in [5.41, 5.74) is 10.4. The number of fused-ring (bicyclic) bond motifs is 3. The van der Waals surface area contributed by atoms with E-state index in [0.29, 0.717) is 77.0 Å². The highest BCUT2D eigenvalue weighted by atomic mass is 32.1. The maximum Gasteiger partial charge on any atom is 0.181 e. The van der Waals surface area contributed by atoms with Crippen LogP contribution in [-0.2, 0) is 67.1 Å². The van der Waals surface area contributed by atoms with E-state index in [0.717, 1.165) is 125 Å². The second-order valence-corrected chi connectivity index (χ2v) is 25.4. The third-order valence-electron chi connectivity index (χ3n) is 17.5. The van der Waals surface area contributed by atoms with Crippen molar-refractivity contribution in [2.24, 2.45) is 45.9 Å². The molecule has 0 fully saturated rings. The fourth-order valence-electron chi connectivity index (χ4n) is 12.7. The third-order valence-corrected chi connectivity index (χ3v) is 18.3. The quantitative estimate of drug-likeness (QED) is 0.0870. The molecule has 0 radical (unpaired) electrons. The Kier molecular flexibility index (Phi) is 17.5. The zero-order valence-electron chi connectivity index (χ0n) is 52.4. The van der Waals surface area contributed by atoms with Gasteiger partial charge in [0.1, 0.15) is 51.2 Å². The molecule has 3 aromatic carbocycles. The van der Waals surface area contributed by atoms with Gasteiger partial charge in [0.25, 0.3) is 0 Å². The van der Waals surface area contributed by atoms with Crippen molar-refractivity contribution >= 4 is 28.7 Å². The van der Waals surface area contributed by atoms with Gasteiger partial charge in [0.2, 0.25) is 0 Å². The molecule has 472 valence electrons. The molecule has 3 unspecified atom stereocenters. The fourth-order valence-corrected chi connectivity index (χ4v) is 13.4. The molecular weight excluding hydrogens is 1200 g/mol. The van der Waals surface area contributed by atoms with Gasteiger partial charge in [-0.3, -0.25) is 28.4 Å². The van der Waals surface area contributed by atoms with E-state index in [9.17, 15) is 23.2 Å². The van der Waals surface area contributed by atoms with Crippen LogP contribution >= 0.6 is 11.3 Å². The molecule has 9 aromatic heterocycles. The molecule has 12 aromatic rings. The standard InChI is InChI=1S/C24H24N6O.C23H24N6O.C22H20F2N6OS/c1-16-8-10-25-24(27-16)19-14-26-29(2)23(19)21(31)12-17-9-11-30-15-20(28-22(30)13-17)18-6-4-3-5-7-18;1-27-13-20(24-15-27)18-12-25-28(2)23(18)21(30)10-16-8-9-29-14-19(26-22(29)11-16)17-6-4-3-5-7-17;1-12-27-28-22(32-12)16-10-25-29(2)21(16)19(31)7-13-5-6-30-11-18(26-20(30)8-13)15-9-14(23)3-4-17(15)24/h3-8,10,14-15,17H,9,11-13H2,1-2H3;3-7,12-16H,8-11H2,1-2H3;3-4,9-11,13H,5-8H2,1-2H3. The number of carbonyl (C=O) groups excluding carboxylic acids is 3. The van der Waals surface area contributed by atoms with Crippen molar-refractivity contribution in [1.29, 1.82) is 0 Å². The summed E-state index contributed by atoms with van der Waals surface area (Å²) in [6.07, 6.45) is 22.7. The smallest absolute Gasteiger partial charge is 0.181 e. The number of nitrogens with zero attached hydrogens (tertiary/aromatic N) is 18. The van der Waals surface area contributed by atoms with E-state index in [2.05, 4.69) is 91.2 Å². The highest BCUT2D eigenvalue weighted by Gasteiger charge is 2.31. The first kappa shape index (κ1) is 61.5. The van der Waals surface area contributed by atoms with Gasteiger partial charge in [-0.15, -0.1) is 10.2 Å². The second kappa shape index (κ2) is 26.5. The van der Waals surface area contributed by atoms with Gasteiger partial charge in [-0.2, -0.15) is 15.3 Å². The van der Waals surface area contributed by atoms with Crippen LogP contribution in [0.3, 0.4) is 0 Å². The lowest BCUT2D eigenvalue weighted by Gasteiger charge is -2.22. The summed E-state index contributed by atoms with van der Waals surface area (Å²) in [6, 6.07) is 25.6. The molecule has 0 saturated heterocycles. The molecule has 0 N–H and O–H groups in total. The number of aromatic nitrogens is 18. The topological polar surface area (TPSA) is 228 Å². The van der Waals surface area contributed by atoms with E-state index in [1.54, 1.807) is 65.5 Å². The minimum atomic E-state index is -0.510. The van der Waals surface area contributed by atoms with Crippen molar-refractivity contribution in [3.63, 3.8) is 0 Å². The molecule has 0 bridgehead atoms. The van der Waals surface area contributed by atoms with Crippen LogP contribution in [0, 0.1) is 43.2 Å². The van der Waals surface area contributed by atoms with Crippen LogP contribution in [0.5, 0.6) is 0 Å². The van der Waals surface area contributed by atoms with Gasteiger partial charge in [-0.05, 0) is 75.1 Å². The molecule has 0 spiro atoms. The van der Waals surface area contributed by atoms with Crippen molar-refractivity contribution < 1.29 is 23.2 Å². The maximum absolute atomic E-state index is 14.2. The fraction of sp³-hybridized carbons (Fsp3) is 0.304. The maximum atomic E-state index is 14.2. The SMILES string of the molecule is Cc1ccnc(-c2cnn(C)c2C(=O)CC2CCn3cc(-c4ccccc4)nc3C2)n1.Cc1nnc(-c2cnn(C)c2C(=O)CC2CCn3cc(-c4cc(F)ccc4F)nc3C2)s1.Cn1cnc(-c2cnn(C)c2C(=O)CC2CCn3cc(-c4ccccc4)nc3C2)c1. The van der Waals surface area contributed by atoms with E-state index in [4.69, 9.17) is 9.97 Å². The number of halogens is 2. The summed E-state index contributed by atoms with van der Waals surface area (Å²) in [6.45, 7) is 6.23. The summed E-state index contributed by atoms with van der Waals surface area (Å²) in [5, 5.41) is 22.6. The Morgan fingerprint density at radius 1 is 0.516 bits per heavy atom. The molecule has 3 aliphatic heterocycles. The largest absolute Gasteiger partial charge is 0.340 e. The monoisotopic (exact) mass is 1270 g/mol. The first-order chi connectivity index (χ1) is 45.0. The summed E-state index contributed by atoms with van der Waals surface area (Å²) >= 11 is 1.43. The van der Waals surface area contributed by atoms with Crippen LogP contribution in [0.1, 0.15) is 98.2 Å². The molecule has 3 atom stereocenters. The van der Waals surface area contributed by atoms with Crippen molar-refractivity contribution in [2.45, 2.75) is 91.3 Å². The highest BCUT2D eigenvalue weighted by Crippen LogP contribution is 2.35. The van der Waals surface area contributed by atoms with Crippen LogP contribution in [0.4, 0.5) is 8.78 Å². The average Bonchev–Trinajstić information content (AvgIpc) is 1.75. The normalized spacial score (nSPS) is 15.7. The molecule has 12 heterocycles. The number of hydrogen-bond acceptors (Lipinski definition) is 15. The lowest BCUT2D eigenvalue weighted by atomic mass is 9.91. The van der Waals surface area contributed by atoms with Crippen LogP contribution < -0.4 is 0 Å². The number of hydrogen-bond donors (Lipinski definition) is 0. The zero-order valence-corrected chi connectivity index (χ0v) is 53.3. The first-order valence-corrected chi connectivity index (χ1v) is 31.9. The second-order valence-electron chi connectivity index (χ2n) is 24.2. The average molecular weight is 1270 g/mol. The molecule has 24 heteroatoms. The highest BCUT2D eigenvalue weighted by molar-refractivity contribution is 7.14. The van der Waals surface area contributed by atoms with E-state index in [-0.39, 0.29) is 40.7 Å². The van der Waals surface area contributed by atoms with Crippen molar-refractivity contribution in [3.8, 4) is 67.0 Å². The molecule has 3 aliphatic rings. The van der Waals surface area contributed by atoms with Gasteiger partial charge in [0.05, 0.1) is 64.4 Å². The Morgan fingerprint density at radius 2 is 1.00 bits per heavy atom. The predicted molar refractivity (Wildman–Crippen MR) is 346 cm³/mol. The van der Waals surface area contributed by atoms with Gasteiger partial charge in [-0.1, -0.05) is 72.0 Å². The molecule has 0 saturated carbocycles. The number of carbonyl (C=O) groups is 3. The van der Waals surface area contributed by atoms with E-state index in [1.165, 1.54) is 11.3 Å². The molecule has 15 rings (SSSR count). The number of ketones is 3. The molecule has 0 amide bonds. The van der Waals surface area contributed by atoms with E-state index in [1.807, 2.05) is 85.7 Å². The zero-order chi connectivity index (χ0) is 64.4. The van der Waals surface area contributed by atoms with Crippen LogP contribution in [0.2, 0.25) is 0 Å². The summed E-state index contributed by atoms with van der Waals surface area (Å²) in [4.78, 5) is 67.1. The van der Waals surface area contributed by atoms with Gasteiger partial charge >= 0.3 is 0 Å². The number of Topliss-reactive ketones (excluding diaryl/α,β-unsaturated/α-hetero) is 3. The Bertz CT molecular complexity index is 4700. The summed E-state index contributed by atoms with van der Waals surface area (Å²) < 4.78 is 40.9. The molecule has 0 aliphatic carbocycles. The summed E-state index contributed by atoms with van der Waals surface area (Å²) in [5.74, 6) is 3.24. The molecule has 93 heavy (non-hydrogen) atoms. The Hall–Kier alpha value is -10.4. The minimum Gasteiger partial charge on any atom is -0.340 e.